The molecule has 10 nitrogen and oxygen atoms in total. The summed E-state index contributed by atoms with van der Waals surface area (Å²) in [6.07, 6.45) is 0. The molecule has 0 amide bonds. The third-order valence-electron chi connectivity index (χ3n) is 6.76. The normalized spacial score (nSPS) is 19.5. The van der Waals surface area contributed by atoms with Crippen LogP contribution in [0.25, 0.3) is 5.69 Å². The Balaban J connectivity index is 1.70. The number of aryl methyl sites for hydroxylation is 1. The molecular formula is C26H25BrN7O3PS. The second kappa shape index (κ2) is 10.4. The van der Waals surface area contributed by atoms with Crippen molar-refractivity contribution in [3.63, 3.8) is 0 Å². The number of benzene rings is 2. The van der Waals surface area contributed by atoms with Crippen LogP contribution in [0.2, 0.25) is 0 Å². The van der Waals surface area contributed by atoms with Crippen LogP contribution in [0.5, 0.6) is 0 Å². The van der Waals surface area contributed by atoms with E-state index in [2.05, 4.69) is 31.3 Å². The minimum Gasteiger partial charge on any atom is -0.379 e. The van der Waals surface area contributed by atoms with Crippen LogP contribution in [0.3, 0.4) is 0 Å². The molecule has 0 bridgehead atoms. The van der Waals surface area contributed by atoms with Crippen molar-refractivity contribution in [3.05, 3.63) is 91.2 Å². The van der Waals surface area contributed by atoms with Crippen LogP contribution >= 0.6 is 34.6 Å². The van der Waals surface area contributed by atoms with Crippen LogP contribution in [0.15, 0.2) is 80.3 Å². The van der Waals surface area contributed by atoms with Crippen molar-refractivity contribution in [2.75, 3.05) is 33.4 Å². The Labute approximate surface area is 238 Å². The lowest BCUT2D eigenvalue weighted by Gasteiger charge is -2.46. The highest BCUT2D eigenvalue weighted by Gasteiger charge is 2.46. The Hall–Kier alpha value is -3.15. The number of nitro groups is 1. The second-order valence-corrected chi connectivity index (χ2v) is 13.8. The van der Waals surface area contributed by atoms with E-state index in [1.807, 2.05) is 60.4 Å². The number of aromatic nitrogens is 2. The minimum atomic E-state index is -2.76. The molecule has 0 saturated carbocycles. The summed E-state index contributed by atoms with van der Waals surface area (Å²) in [5, 5.41) is 19.5. The lowest BCUT2D eigenvalue weighted by molar-refractivity contribution is -0.384. The first-order chi connectivity index (χ1) is 18.9. The molecular weight excluding hydrogens is 601 g/mol. The number of thiophene rings is 1. The summed E-state index contributed by atoms with van der Waals surface area (Å²) in [6, 6.07) is 18.8. The van der Waals surface area contributed by atoms with Gasteiger partial charge in [-0.05, 0) is 52.5 Å². The van der Waals surface area contributed by atoms with E-state index < -0.39 is 12.3 Å². The van der Waals surface area contributed by atoms with Gasteiger partial charge in [0.1, 0.15) is 0 Å². The number of hydrogen-bond acceptors (Lipinski definition) is 7. The summed E-state index contributed by atoms with van der Waals surface area (Å²) in [5.41, 5.74) is 2.40. The largest absolute Gasteiger partial charge is 0.379 e. The Bertz CT molecular complexity index is 1630. The quantitative estimate of drug-likeness (QED) is 0.147. The van der Waals surface area contributed by atoms with Gasteiger partial charge in [0.25, 0.3) is 5.69 Å². The van der Waals surface area contributed by atoms with Gasteiger partial charge in [-0.15, -0.1) is 11.3 Å². The Morgan fingerprint density at radius 2 is 1.90 bits per heavy atom. The number of hydrogen-bond donors (Lipinski definition) is 0. The average Bonchev–Trinajstić information content (AvgIpc) is 3.60. The number of amidine groups is 1. The number of aliphatic imine (C=N–C) groups is 1. The van der Waals surface area contributed by atoms with Crippen LogP contribution < -0.4 is 5.30 Å². The molecule has 2 aromatic heterocycles. The molecule has 0 unspecified atom stereocenters. The van der Waals surface area contributed by atoms with Crippen LogP contribution in [0.4, 0.5) is 17.2 Å². The van der Waals surface area contributed by atoms with Crippen LogP contribution in [0, 0.1) is 17.0 Å². The fourth-order valence-corrected chi connectivity index (χ4v) is 10.2. The standard InChI is InChI=1S/C26H25BrN7O3PS/c1-18-24-26(33(29-18)19-7-4-3-5-8-19)28-25(23-9-6-16-39-23)31(2)38(24,32-12-14-37-15-13-32)30-22-11-10-20(34(35)36)17-21(22)27/h3-11,16-17H,12-15H2,1-2H3/t38-/m0/s1. The van der Waals surface area contributed by atoms with Gasteiger partial charge < -0.3 is 9.41 Å². The molecule has 0 N–H and O–H groups in total. The fraction of sp³-hybridized carbons (Fsp3) is 0.231. The lowest BCUT2D eigenvalue weighted by atomic mass is 10.3. The number of morpholine rings is 1. The summed E-state index contributed by atoms with van der Waals surface area (Å²) in [5.74, 6) is 1.57. The Morgan fingerprint density at radius 3 is 2.56 bits per heavy atom. The number of para-hydroxylation sites is 1. The fourth-order valence-electron chi connectivity index (χ4n) is 4.97. The van der Waals surface area contributed by atoms with Crippen molar-refractivity contribution in [1.82, 2.24) is 19.1 Å². The Morgan fingerprint density at radius 1 is 1.13 bits per heavy atom. The van der Waals surface area contributed by atoms with Crippen molar-refractivity contribution in [1.29, 1.82) is 0 Å². The van der Waals surface area contributed by atoms with E-state index in [4.69, 9.17) is 19.6 Å². The molecule has 0 spiro atoms. The number of non-ortho nitro benzene ring substituents is 1. The molecule has 13 heteroatoms. The predicted molar refractivity (Wildman–Crippen MR) is 158 cm³/mol. The van der Waals surface area contributed by atoms with E-state index in [9.17, 15) is 10.1 Å². The zero-order chi connectivity index (χ0) is 27.1. The smallest absolute Gasteiger partial charge is 0.270 e. The number of nitrogens with zero attached hydrogens (tertiary/aromatic N) is 7. The second-order valence-electron chi connectivity index (χ2n) is 9.07. The van der Waals surface area contributed by atoms with Crippen LogP contribution in [-0.2, 0) is 4.74 Å². The number of fused-ring (bicyclic) bond motifs is 1. The van der Waals surface area contributed by atoms with E-state index >= 15 is 0 Å². The molecule has 0 radical (unpaired) electrons. The molecule has 4 aromatic rings. The minimum absolute atomic E-state index is 0.00573. The monoisotopic (exact) mass is 625 g/mol. The van der Waals surface area contributed by atoms with Crippen molar-refractivity contribution in [3.8, 4) is 5.69 Å². The molecule has 2 aromatic carbocycles. The van der Waals surface area contributed by atoms with Crippen LogP contribution in [0.1, 0.15) is 10.6 Å². The summed E-state index contributed by atoms with van der Waals surface area (Å²) >= 11 is 5.20. The highest BCUT2D eigenvalue weighted by Crippen LogP contribution is 2.62. The SMILES string of the molecule is Cc1nn(-c2ccccc2)c2c1[P@@](=Nc1ccc([N+](=O)[O-])cc1Br)(N1CCOCC1)N(C)C(c1cccs1)=N2. The first-order valence-electron chi connectivity index (χ1n) is 12.3. The van der Waals surface area contributed by atoms with E-state index in [0.29, 0.717) is 36.5 Å². The van der Waals surface area contributed by atoms with Crippen LogP contribution in [-0.4, -0.2) is 63.2 Å². The third-order valence-corrected chi connectivity index (χ3v) is 12.1. The molecule has 39 heavy (non-hydrogen) atoms. The maximum Gasteiger partial charge on any atom is 0.270 e. The number of rotatable bonds is 5. The van der Waals surface area contributed by atoms with Gasteiger partial charge >= 0.3 is 0 Å². The van der Waals surface area contributed by atoms with Crippen molar-refractivity contribution in [2.45, 2.75) is 6.92 Å². The Kier molecular flexibility index (Phi) is 6.98. The third kappa shape index (κ3) is 4.46. The first kappa shape index (κ1) is 26.1. The summed E-state index contributed by atoms with van der Waals surface area (Å²) in [4.78, 5) is 17.3. The topological polar surface area (TPSA) is 101 Å². The van der Waals surface area contributed by atoms with Gasteiger partial charge in [0.15, 0.2) is 19.0 Å². The lowest BCUT2D eigenvalue weighted by Crippen LogP contribution is -2.45. The van der Waals surface area contributed by atoms with E-state index in [0.717, 1.165) is 33.2 Å². The van der Waals surface area contributed by atoms with E-state index in [-0.39, 0.29) is 5.69 Å². The van der Waals surface area contributed by atoms with Crippen molar-refractivity contribution >= 4 is 63.0 Å². The molecule has 0 aliphatic carbocycles. The van der Waals surface area contributed by atoms with Gasteiger partial charge in [-0.25, -0.2) is 19.1 Å². The molecule has 6 rings (SSSR count). The first-order valence-corrected chi connectivity index (χ1v) is 15.6. The van der Waals surface area contributed by atoms with Gasteiger partial charge in [-0.3, -0.25) is 10.1 Å². The molecule has 1 atom stereocenters. The molecule has 200 valence electrons. The predicted octanol–water partition coefficient (Wildman–Crippen LogP) is 6.26. The zero-order valence-corrected chi connectivity index (χ0v) is 24.6. The van der Waals surface area contributed by atoms with Gasteiger partial charge in [0.2, 0.25) is 0 Å². The summed E-state index contributed by atoms with van der Waals surface area (Å²) < 4.78 is 18.4. The highest BCUT2D eigenvalue weighted by atomic mass is 79.9. The highest BCUT2D eigenvalue weighted by molar-refractivity contribution is 9.10. The molecule has 1 fully saturated rings. The van der Waals surface area contributed by atoms with Gasteiger partial charge in [-0.2, -0.15) is 5.10 Å². The molecule has 1 saturated heterocycles. The summed E-state index contributed by atoms with van der Waals surface area (Å²) in [6.45, 7) is 4.53. The number of ether oxygens (including phenoxy) is 1. The van der Waals surface area contributed by atoms with E-state index in [1.54, 1.807) is 17.4 Å². The molecule has 2 aliphatic heterocycles. The van der Waals surface area contributed by atoms with Gasteiger partial charge in [-0.1, -0.05) is 24.3 Å². The van der Waals surface area contributed by atoms with Crippen molar-refractivity contribution < 1.29 is 9.66 Å². The van der Waals surface area contributed by atoms with E-state index in [1.165, 1.54) is 12.1 Å². The summed E-state index contributed by atoms with van der Waals surface area (Å²) in [7, 11) is -0.716. The van der Waals surface area contributed by atoms with Gasteiger partial charge in [0.05, 0.1) is 49.9 Å². The molecule has 4 heterocycles. The zero-order valence-electron chi connectivity index (χ0n) is 21.3. The van der Waals surface area contributed by atoms with Crippen molar-refractivity contribution in [2.24, 2.45) is 9.74 Å². The number of nitro benzene ring substituents is 1. The average molecular weight is 626 g/mol. The van der Waals surface area contributed by atoms with Gasteiger partial charge in [0, 0.05) is 32.3 Å². The number of halogens is 1. The molecule has 2 aliphatic rings. The maximum atomic E-state index is 11.4. The maximum absolute atomic E-state index is 11.4.